The number of methoxy groups -OCH3 is 1. The molecule has 0 aliphatic heterocycles. The fourth-order valence-electron chi connectivity index (χ4n) is 1.27. The van der Waals surface area contributed by atoms with Gasteiger partial charge in [-0.05, 0) is 19.1 Å². The molecule has 5 nitrogen and oxygen atoms in total. The van der Waals surface area contributed by atoms with E-state index < -0.39 is 23.8 Å². The molecule has 0 saturated carbocycles. The second kappa shape index (κ2) is 6.54. The third-order valence-electron chi connectivity index (χ3n) is 2.29. The Bertz CT molecular complexity index is 438. The Balaban J connectivity index is 2.70. The van der Waals surface area contributed by atoms with E-state index in [1.54, 1.807) is 30.3 Å². The first-order valence-electron chi connectivity index (χ1n) is 5.38. The average Bonchev–Trinajstić information content (AvgIpc) is 2.38. The Kier molecular flexibility index (Phi) is 5.05. The van der Waals surface area contributed by atoms with Crippen LogP contribution in [-0.4, -0.2) is 30.9 Å². The third kappa shape index (κ3) is 4.01. The standard InChI is InChI=1S/C13H14O5/c1-9(14)11(8-12(15)17-2)18-13(16)10-6-4-3-5-7-10/h3-7,11H,8H2,1-2H3. The van der Waals surface area contributed by atoms with Crippen LogP contribution in [0.15, 0.2) is 30.3 Å². The Labute approximate surface area is 105 Å². The fourth-order valence-corrected chi connectivity index (χ4v) is 1.27. The van der Waals surface area contributed by atoms with E-state index in [2.05, 4.69) is 4.74 Å². The molecule has 0 fully saturated rings. The van der Waals surface area contributed by atoms with Crippen LogP contribution >= 0.6 is 0 Å². The van der Waals surface area contributed by atoms with E-state index in [1.165, 1.54) is 14.0 Å². The Hall–Kier alpha value is -2.17. The molecule has 0 spiro atoms. The van der Waals surface area contributed by atoms with Crippen molar-refractivity contribution in [2.75, 3.05) is 7.11 Å². The molecule has 96 valence electrons. The van der Waals surface area contributed by atoms with Gasteiger partial charge in [-0.3, -0.25) is 9.59 Å². The molecule has 0 aliphatic carbocycles. The van der Waals surface area contributed by atoms with E-state index in [4.69, 9.17) is 4.74 Å². The molecule has 0 aromatic heterocycles. The summed E-state index contributed by atoms with van der Waals surface area (Å²) in [6, 6.07) is 8.25. The molecule has 1 unspecified atom stereocenters. The number of hydrogen-bond acceptors (Lipinski definition) is 5. The minimum atomic E-state index is -1.11. The Morgan fingerprint density at radius 3 is 2.28 bits per heavy atom. The van der Waals surface area contributed by atoms with Gasteiger partial charge in [-0.25, -0.2) is 4.79 Å². The minimum Gasteiger partial charge on any atom is -0.469 e. The zero-order valence-electron chi connectivity index (χ0n) is 10.2. The summed E-state index contributed by atoms with van der Waals surface area (Å²) in [4.78, 5) is 34.1. The second-order valence-corrected chi connectivity index (χ2v) is 3.65. The molecule has 0 bridgehead atoms. The molecular weight excluding hydrogens is 236 g/mol. The molecule has 0 heterocycles. The van der Waals surface area contributed by atoms with E-state index in [9.17, 15) is 14.4 Å². The molecule has 18 heavy (non-hydrogen) atoms. The zero-order valence-corrected chi connectivity index (χ0v) is 10.2. The summed E-state index contributed by atoms with van der Waals surface area (Å²) < 4.78 is 9.42. The van der Waals surface area contributed by atoms with Crippen LogP contribution < -0.4 is 0 Å². The van der Waals surface area contributed by atoms with E-state index in [0.29, 0.717) is 5.56 Å². The van der Waals surface area contributed by atoms with Crippen LogP contribution in [0.2, 0.25) is 0 Å². The summed E-state index contributed by atoms with van der Waals surface area (Å²) in [5.74, 6) is -1.64. The van der Waals surface area contributed by atoms with Gasteiger partial charge in [-0.15, -0.1) is 0 Å². The number of benzene rings is 1. The topological polar surface area (TPSA) is 69.7 Å². The normalized spacial score (nSPS) is 11.4. The molecule has 1 atom stereocenters. The zero-order chi connectivity index (χ0) is 13.5. The van der Waals surface area contributed by atoms with Crippen molar-refractivity contribution in [1.29, 1.82) is 0 Å². The first-order chi connectivity index (χ1) is 8.54. The van der Waals surface area contributed by atoms with Gasteiger partial charge in [0.15, 0.2) is 11.9 Å². The third-order valence-corrected chi connectivity index (χ3v) is 2.29. The van der Waals surface area contributed by atoms with Gasteiger partial charge in [-0.1, -0.05) is 18.2 Å². The van der Waals surface area contributed by atoms with E-state index in [-0.39, 0.29) is 6.42 Å². The molecular formula is C13H14O5. The fraction of sp³-hybridized carbons (Fsp3) is 0.308. The SMILES string of the molecule is COC(=O)CC(OC(=O)c1ccccc1)C(C)=O. The highest BCUT2D eigenvalue weighted by Gasteiger charge is 2.23. The maximum atomic E-state index is 11.7. The smallest absolute Gasteiger partial charge is 0.338 e. The molecule has 1 rings (SSSR count). The van der Waals surface area contributed by atoms with Gasteiger partial charge in [0.2, 0.25) is 0 Å². The lowest BCUT2D eigenvalue weighted by Gasteiger charge is -2.13. The summed E-state index contributed by atoms with van der Waals surface area (Å²) in [5.41, 5.74) is 0.327. The number of hydrogen-bond donors (Lipinski definition) is 0. The van der Waals surface area contributed by atoms with Crippen LogP contribution in [0.1, 0.15) is 23.7 Å². The number of rotatable bonds is 5. The summed E-state index contributed by atoms with van der Waals surface area (Å²) in [5, 5.41) is 0. The van der Waals surface area contributed by atoms with Gasteiger partial charge in [0, 0.05) is 0 Å². The predicted octanol–water partition coefficient (Wildman–Crippen LogP) is 1.36. The van der Waals surface area contributed by atoms with Gasteiger partial charge in [-0.2, -0.15) is 0 Å². The van der Waals surface area contributed by atoms with Gasteiger partial charge in [0.25, 0.3) is 0 Å². The molecule has 1 aromatic carbocycles. The van der Waals surface area contributed by atoms with Gasteiger partial charge >= 0.3 is 11.9 Å². The van der Waals surface area contributed by atoms with Crippen molar-refractivity contribution in [1.82, 2.24) is 0 Å². The first kappa shape index (κ1) is 13.9. The lowest BCUT2D eigenvalue weighted by atomic mass is 10.1. The van der Waals surface area contributed by atoms with Crippen molar-refractivity contribution in [2.45, 2.75) is 19.4 Å². The van der Waals surface area contributed by atoms with Gasteiger partial charge in [0.05, 0.1) is 19.1 Å². The summed E-state index contributed by atoms with van der Waals surface area (Å²) in [6.07, 6.45) is -1.38. The molecule has 0 aliphatic rings. The number of esters is 2. The van der Waals surface area contributed by atoms with Crippen LogP contribution in [0.5, 0.6) is 0 Å². The number of ketones is 1. The molecule has 1 aromatic rings. The number of Topliss-reactive ketones (excluding diaryl/α,β-unsaturated/α-hetero) is 1. The second-order valence-electron chi connectivity index (χ2n) is 3.65. The number of carbonyl (C=O) groups excluding carboxylic acids is 3. The van der Waals surface area contributed by atoms with E-state index in [1.807, 2.05) is 0 Å². The van der Waals surface area contributed by atoms with Crippen molar-refractivity contribution in [3.8, 4) is 0 Å². The maximum Gasteiger partial charge on any atom is 0.338 e. The van der Waals surface area contributed by atoms with Crippen molar-refractivity contribution in [3.63, 3.8) is 0 Å². The lowest BCUT2D eigenvalue weighted by Crippen LogP contribution is -2.28. The van der Waals surface area contributed by atoms with E-state index >= 15 is 0 Å². The highest BCUT2D eigenvalue weighted by Crippen LogP contribution is 2.08. The molecule has 0 saturated heterocycles. The monoisotopic (exact) mass is 250 g/mol. The van der Waals surface area contributed by atoms with Gasteiger partial charge < -0.3 is 9.47 Å². The number of carbonyl (C=O) groups is 3. The maximum absolute atomic E-state index is 11.7. The molecule has 0 radical (unpaired) electrons. The summed E-state index contributed by atoms with van der Waals surface area (Å²) >= 11 is 0. The van der Waals surface area contributed by atoms with Crippen LogP contribution in [0.25, 0.3) is 0 Å². The van der Waals surface area contributed by atoms with Crippen LogP contribution in [0, 0.1) is 0 Å². The summed E-state index contributed by atoms with van der Waals surface area (Å²) in [6.45, 7) is 1.26. The highest BCUT2D eigenvalue weighted by molar-refractivity contribution is 5.93. The van der Waals surface area contributed by atoms with Crippen molar-refractivity contribution >= 4 is 17.7 Å². The van der Waals surface area contributed by atoms with Gasteiger partial charge in [0.1, 0.15) is 0 Å². The molecule has 5 heteroatoms. The van der Waals surface area contributed by atoms with Crippen molar-refractivity contribution in [3.05, 3.63) is 35.9 Å². The largest absolute Gasteiger partial charge is 0.469 e. The molecule has 0 amide bonds. The van der Waals surface area contributed by atoms with E-state index in [0.717, 1.165) is 0 Å². The average molecular weight is 250 g/mol. The van der Waals surface area contributed by atoms with Crippen LogP contribution in [0.4, 0.5) is 0 Å². The molecule has 0 N–H and O–H groups in total. The predicted molar refractivity (Wildman–Crippen MR) is 63.0 cm³/mol. The number of ether oxygens (including phenoxy) is 2. The highest BCUT2D eigenvalue weighted by atomic mass is 16.6. The first-order valence-corrected chi connectivity index (χ1v) is 5.38. The quantitative estimate of drug-likeness (QED) is 0.738. The summed E-state index contributed by atoms with van der Waals surface area (Å²) in [7, 11) is 1.21. The Morgan fingerprint density at radius 2 is 1.78 bits per heavy atom. The van der Waals surface area contributed by atoms with Crippen LogP contribution in [0.3, 0.4) is 0 Å². The minimum absolute atomic E-state index is 0.273. The lowest BCUT2D eigenvalue weighted by molar-refractivity contribution is -0.145. The van der Waals surface area contributed by atoms with Crippen LogP contribution in [-0.2, 0) is 19.1 Å². The Morgan fingerprint density at radius 1 is 1.17 bits per heavy atom. The van der Waals surface area contributed by atoms with Crippen molar-refractivity contribution in [2.24, 2.45) is 0 Å². The van der Waals surface area contributed by atoms with Crippen molar-refractivity contribution < 1.29 is 23.9 Å².